The molecule has 9 heteroatoms. The van der Waals surface area contributed by atoms with Gasteiger partial charge in [0.25, 0.3) is 0 Å². The predicted molar refractivity (Wildman–Crippen MR) is 127 cm³/mol. The Bertz CT molecular complexity index is 1040. The number of piperazine rings is 1. The molecule has 2 aromatic rings. The Hall–Kier alpha value is -3.10. The Morgan fingerprint density at radius 2 is 1.97 bits per heavy atom. The van der Waals surface area contributed by atoms with E-state index in [1.54, 1.807) is 48.2 Å². The van der Waals surface area contributed by atoms with E-state index in [1.165, 1.54) is 25.1 Å². The summed E-state index contributed by atoms with van der Waals surface area (Å²) in [6.07, 6.45) is 3.04. The molecule has 2 atom stereocenters. The number of carbonyl (C=O) groups excluding carboxylic acids is 2. The van der Waals surface area contributed by atoms with Crippen LogP contribution < -0.4 is 5.32 Å². The van der Waals surface area contributed by atoms with Gasteiger partial charge in [0, 0.05) is 49.9 Å². The third kappa shape index (κ3) is 6.69. The second-order valence-corrected chi connectivity index (χ2v) is 8.49. The minimum Gasteiger partial charge on any atom is -0.331 e. The fourth-order valence-corrected chi connectivity index (χ4v) is 4.02. The molecule has 1 aliphatic rings. The second-order valence-electron chi connectivity index (χ2n) is 8.05. The van der Waals surface area contributed by atoms with E-state index in [1.807, 2.05) is 0 Å². The molecule has 1 unspecified atom stereocenters. The van der Waals surface area contributed by atoms with Crippen molar-refractivity contribution in [1.29, 1.82) is 0 Å². The van der Waals surface area contributed by atoms with Crippen molar-refractivity contribution in [2.75, 3.05) is 25.0 Å². The van der Waals surface area contributed by atoms with E-state index in [2.05, 4.69) is 15.4 Å². The van der Waals surface area contributed by atoms with Crippen LogP contribution in [0.25, 0.3) is 6.08 Å². The lowest BCUT2D eigenvalue weighted by atomic mass is 10.0. The molecule has 7 nitrogen and oxygen atoms in total. The lowest BCUT2D eigenvalue weighted by Gasteiger charge is -2.42. The van der Waals surface area contributed by atoms with Crippen molar-refractivity contribution in [2.45, 2.75) is 32.5 Å². The predicted octanol–water partition coefficient (Wildman–Crippen LogP) is 4.32. The number of anilines is 1. The van der Waals surface area contributed by atoms with Gasteiger partial charge in [-0.05, 0) is 48.4 Å². The fraction of sp³-hybridized carbons (Fsp3) is 0.333. The van der Waals surface area contributed by atoms with Gasteiger partial charge in [-0.2, -0.15) is 4.91 Å². The van der Waals surface area contributed by atoms with E-state index in [4.69, 9.17) is 11.6 Å². The summed E-state index contributed by atoms with van der Waals surface area (Å²) in [6.45, 7) is 5.18. The van der Waals surface area contributed by atoms with Crippen molar-refractivity contribution in [2.24, 2.45) is 5.18 Å². The summed E-state index contributed by atoms with van der Waals surface area (Å²) >= 11 is 6.02. The average molecular weight is 473 g/mol. The molecule has 1 aliphatic heterocycles. The first-order valence-corrected chi connectivity index (χ1v) is 11.0. The maximum Gasteiger partial charge on any atom is 0.246 e. The number of nitrogens with zero attached hydrogens (tertiary/aromatic N) is 3. The highest BCUT2D eigenvalue weighted by molar-refractivity contribution is 6.31. The zero-order chi connectivity index (χ0) is 24.0. The van der Waals surface area contributed by atoms with Gasteiger partial charge in [-0.1, -0.05) is 35.0 Å². The first-order chi connectivity index (χ1) is 15.8. The van der Waals surface area contributed by atoms with Gasteiger partial charge in [-0.25, -0.2) is 4.39 Å². The largest absolute Gasteiger partial charge is 0.331 e. The zero-order valence-electron chi connectivity index (χ0n) is 18.5. The number of nitroso groups, excluding NO2 is 1. The number of halogens is 2. The number of rotatable bonds is 7. The zero-order valence-corrected chi connectivity index (χ0v) is 19.3. The molecule has 1 fully saturated rings. The van der Waals surface area contributed by atoms with E-state index < -0.39 is 12.1 Å². The SMILES string of the molecule is CC(=O)Nc1cc(Cl)ccc1C=CC(=O)N1CCN(Cc2ccc(F)cc2)C[C@H]1C(C)N=O. The Morgan fingerprint density at radius 1 is 1.24 bits per heavy atom. The van der Waals surface area contributed by atoms with Crippen LogP contribution in [0.5, 0.6) is 0 Å². The number of hydrogen-bond acceptors (Lipinski definition) is 5. The van der Waals surface area contributed by atoms with Crippen molar-refractivity contribution in [3.8, 4) is 0 Å². The molecule has 2 aromatic carbocycles. The van der Waals surface area contributed by atoms with Gasteiger partial charge in [0.15, 0.2) is 0 Å². The molecule has 0 aliphatic carbocycles. The molecular formula is C24H26ClFN4O3. The van der Waals surface area contributed by atoms with Gasteiger partial charge in [0.05, 0.1) is 6.04 Å². The third-order valence-corrected chi connectivity index (χ3v) is 5.79. The summed E-state index contributed by atoms with van der Waals surface area (Å²) in [4.78, 5) is 39.6. The molecule has 1 N–H and O–H groups in total. The number of amides is 2. The molecule has 1 heterocycles. The van der Waals surface area contributed by atoms with Crippen molar-refractivity contribution >= 4 is 35.2 Å². The lowest BCUT2D eigenvalue weighted by molar-refractivity contribution is -0.131. The minimum atomic E-state index is -0.594. The van der Waals surface area contributed by atoms with Gasteiger partial charge >= 0.3 is 0 Å². The number of nitrogens with one attached hydrogen (secondary N) is 1. The quantitative estimate of drug-likeness (QED) is 0.480. The number of carbonyl (C=O) groups is 2. The van der Waals surface area contributed by atoms with Crippen molar-refractivity contribution in [3.05, 3.63) is 75.4 Å². The first kappa shape index (κ1) is 24.5. The topological polar surface area (TPSA) is 82.1 Å². The Morgan fingerprint density at radius 3 is 2.64 bits per heavy atom. The number of benzene rings is 2. The molecule has 0 bridgehead atoms. The Kier molecular flexibility index (Phi) is 8.30. The normalized spacial score (nSPS) is 17.7. The minimum absolute atomic E-state index is 0.249. The standard InChI is InChI=1S/C24H26ClFN4O3/c1-16(28-33)23-15-29(14-18-3-8-21(26)9-4-18)11-12-30(23)24(32)10-6-19-5-7-20(25)13-22(19)27-17(2)31/h3-10,13,16,23H,11-12,14-15H2,1-2H3,(H,27,31)/t16?,23-/m0/s1. The maximum atomic E-state index is 13.2. The molecule has 0 radical (unpaired) electrons. The van der Waals surface area contributed by atoms with Gasteiger partial charge in [0.1, 0.15) is 11.9 Å². The van der Waals surface area contributed by atoms with E-state index in [0.29, 0.717) is 42.5 Å². The monoisotopic (exact) mass is 472 g/mol. The van der Waals surface area contributed by atoms with Crippen LogP contribution in [0.1, 0.15) is 25.0 Å². The van der Waals surface area contributed by atoms with Crippen LogP contribution in [-0.2, 0) is 16.1 Å². The Labute approximate surface area is 197 Å². The molecule has 3 rings (SSSR count). The molecular weight excluding hydrogens is 447 g/mol. The van der Waals surface area contributed by atoms with Crippen LogP contribution in [0.3, 0.4) is 0 Å². The highest BCUT2D eigenvalue weighted by atomic mass is 35.5. The van der Waals surface area contributed by atoms with Crippen LogP contribution in [0.4, 0.5) is 10.1 Å². The molecule has 0 saturated carbocycles. The average Bonchev–Trinajstić information content (AvgIpc) is 2.79. The molecule has 0 spiro atoms. The van der Waals surface area contributed by atoms with E-state index >= 15 is 0 Å². The van der Waals surface area contributed by atoms with Crippen molar-refractivity contribution in [3.63, 3.8) is 0 Å². The third-order valence-electron chi connectivity index (χ3n) is 5.56. The van der Waals surface area contributed by atoms with Crippen LogP contribution in [0, 0.1) is 10.7 Å². The summed E-state index contributed by atoms with van der Waals surface area (Å²) in [6, 6.07) is 10.3. The second kappa shape index (κ2) is 11.2. The smallest absolute Gasteiger partial charge is 0.246 e. The lowest BCUT2D eigenvalue weighted by Crippen LogP contribution is -2.57. The summed E-state index contributed by atoms with van der Waals surface area (Å²) in [5, 5.41) is 6.33. The number of hydrogen-bond donors (Lipinski definition) is 1. The highest BCUT2D eigenvalue weighted by Gasteiger charge is 2.34. The fourth-order valence-electron chi connectivity index (χ4n) is 3.85. The van der Waals surface area contributed by atoms with Crippen LogP contribution >= 0.6 is 11.6 Å². The van der Waals surface area contributed by atoms with Gasteiger partial charge < -0.3 is 10.2 Å². The van der Waals surface area contributed by atoms with E-state index in [-0.39, 0.29) is 17.6 Å². The summed E-state index contributed by atoms with van der Waals surface area (Å²) < 4.78 is 13.2. The van der Waals surface area contributed by atoms with Crippen molar-refractivity contribution in [1.82, 2.24) is 9.80 Å². The van der Waals surface area contributed by atoms with Gasteiger partial charge in [-0.15, -0.1) is 0 Å². The van der Waals surface area contributed by atoms with E-state index in [9.17, 15) is 18.9 Å². The summed E-state index contributed by atoms with van der Waals surface area (Å²) in [7, 11) is 0. The highest BCUT2D eigenvalue weighted by Crippen LogP contribution is 2.23. The first-order valence-electron chi connectivity index (χ1n) is 10.6. The molecule has 174 valence electrons. The van der Waals surface area contributed by atoms with E-state index in [0.717, 1.165) is 5.56 Å². The Balaban J connectivity index is 1.73. The molecule has 0 aromatic heterocycles. The van der Waals surface area contributed by atoms with Crippen molar-refractivity contribution < 1.29 is 14.0 Å². The van der Waals surface area contributed by atoms with Gasteiger partial charge in [0.2, 0.25) is 11.8 Å². The van der Waals surface area contributed by atoms with Crippen LogP contribution in [0.2, 0.25) is 5.02 Å². The van der Waals surface area contributed by atoms with Gasteiger partial charge in [-0.3, -0.25) is 14.5 Å². The van der Waals surface area contributed by atoms with Crippen LogP contribution in [0.15, 0.2) is 53.7 Å². The molecule has 1 saturated heterocycles. The maximum absolute atomic E-state index is 13.2. The molecule has 2 amide bonds. The molecule has 33 heavy (non-hydrogen) atoms. The van der Waals surface area contributed by atoms with Crippen LogP contribution in [-0.4, -0.2) is 53.3 Å². The summed E-state index contributed by atoms with van der Waals surface area (Å²) in [5.41, 5.74) is 2.09. The summed E-state index contributed by atoms with van der Waals surface area (Å²) in [5.74, 6) is -0.790.